The summed E-state index contributed by atoms with van der Waals surface area (Å²) in [4.78, 5) is 28.9. The summed E-state index contributed by atoms with van der Waals surface area (Å²) in [5.41, 5.74) is -1.88. The van der Waals surface area contributed by atoms with Gasteiger partial charge in [0.2, 0.25) is 5.91 Å². The Morgan fingerprint density at radius 2 is 2.08 bits per heavy atom. The fourth-order valence-electron chi connectivity index (χ4n) is 4.10. The SMILES string of the molecule is O=C(c1cc(C(F)(F)F)[nH]n1)N1CCC2(CCCN(CC3CC3)C2=O)C1. The monoisotopic (exact) mass is 370 g/mol. The molecule has 26 heavy (non-hydrogen) atoms. The van der Waals surface area contributed by atoms with Gasteiger partial charge < -0.3 is 9.80 Å². The highest BCUT2D eigenvalue weighted by molar-refractivity contribution is 5.94. The largest absolute Gasteiger partial charge is 0.432 e. The van der Waals surface area contributed by atoms with E-state index in [9.17, 15) is 22.8 Å². The molecule has 1 aromatic rings. The lowest BCUT2D eigenvalue weighted by Crippen LogP contribution is -2.51. The maximum atomic E-state index is 13.0. The number of rotatable bonds is 3. The number of halogens is 3. The van der Waals surface area contributed by atoms with E-state index in [-0.39, 0.29) is 18.1 Å². The number of aromatic amines is 1. The summed E-state index contributed by atoms with van der Waals surface area (Å²) in [5.74, 6) is 0.155. The Balaban J connectivity index is 1.46. The molecule has 3 heterocycles. The zero-order valence-corrected chi connectivity index (χ0v) is 14.3. The van der Waals surface area contributed by atoms with Crippen molar-refractivity contribution in [2.75, 3.05) is 26.2 Å². The van der Waals surface area contributed by atoms with Crippen LogP contribution in [0.4, 0.5) is 13.2 Å². The Morgan fingerprint density at radius 1 is 1.31 bits per heavy atom. The Bertz CT molecular complexity index is 728. The zero-order chi connectivity index (χ0) is 18.5. The van der Waals surface area contributed by atoms with Gasteiger partial charge in [-0.05, 0) is 38.0 Å². The number of hydrogen-bond acceptors (Lipinski definition) is 3. The third-order valence-corrected chi connectivity index (χ3v) is 5.74. The maximum Gasteiger partial charge on any atom is 0.432 e. The summed E-state index contributed by atoms with van der Waals surface area (Å²) < 4.78 is 38.1. The highest BCUT2D eigenvalue weighted by atomic mass is 19.4. The molecule has 2 amide bonds. The van der Waals surface area contributed by atoms with Crippen LogP contribution in [0.2, 0.25) is 0 Å². The summed E-state index contributed by atoms with van der Waals surface area (Å²) in [6.07, 6.45) is -0.0356. The fraction of sp³-hybridized carbons (Fsp3) is 0.706. The summed E-state index contributed by atoms with van der Waals surface area (Å²) in [6, 6.07) is 0.732. The lowest BCUT2D eigenvalue weighted by atomic mass is 9.78. The first-order valence-electron chi connectivity index (χ1n) is 9.00. The second kappa shape index (κ2) is 5.99. The molecular formula is C17H21F3N4O2. The van der Waals surface area contributed by atoms with Gasteiger partial charge in [-0.2, -0.15) is 18.3 Å². The van der Waals surface area contributed by atoms with E-state index in [0.29, 0.717) is 18.9 Å². The third kappa shape index (κ3) is 3.07. The van der Waals surface area contributed by atoms with Gasteiger partial charge in [0.25, 0.3) is 5.91 Å². The summed E-state index contributed by atoms with van der Waals surface area (Å²) >= 11 is 0. The van der Waals surface area contributed by atoms with Gasteiger partial charge in [-0.3, -0.25) is 14.7 Å². The number of piperidine rings is 1. The molecule has 2 aliphatic heterocycles. The first-order chi connectivity index (χ1) is 12.3. The number of hydrogen-bond donors (Lipinski definition) is 1. The van der Waals surface area contributed by atoms with Crippen LogP contribution in [0.15, 0.2) is 6.07 Å². The van der Waals surface area contributed by atoms with Gasteiger partial charge in [-0.1, -0.05) is 0 Å². The minimum absolute atomic E-state index is 0.101. The van der Waals surface area contributed by atoms with Crippen LogP contribution < -0.4 is 0 Å². The number of likely N-dealkylation sites (tertiary alicyclic amines) is 2. The predicted octanol–water partition coefficient (Wildman–Crippen LogP) is 2.29. The second-order valence-corrected chi connectivity index (χ2v) is 7.72. The number of carbonyl (C=O) groups is 2. The van der Waals surface area contributed by atoms with Crippen LogP contribution in [0, 0.1) is 11.3 Å². The van der Waals surface area contributed by atoms with Crippen LogP contribution in [0.3, 0.4) is 0 Å². The summed E-state index contributed by atoms with van der Waals surface area (Å²) in [6.45, 7) is 2.19. The molecule has 3 fully saturated rings. The molecule has 3 aliphatic rings. The Kier molecular flexibility index (Phi) is 4.00. The first-order valence-corrected chi connectivity index (χ1v) is 9.00. The molecule has 4 rings (SSSR count). The molecule has 1 aromatic heterocycles. The van der Waals surface area contributed by atoms with Crippen LogP contribution in [0.5, 0.6) is 0 Å². The third-order valence-electron chi connectivity index (χ3n) is 5.74. The van der Waals surface area contributed by atoms with Crippen LogP contribution in [-0.4, -0.2) is 58.0 Å². The average molecular weight is 370 g/mol. The van der Waals surface area contributed by atoms with Gasteiger partial charge >= 0.3 is 6.18 Å². The van der Waals surface area contributed by atoms with E-state index in [2.05, 4.69) is 5.10 Å². The minimum atomic E-state index is -4.57. The van der Waals surface area contributed by atoms with Crippen molar-refractivity contribution in [3.05, 3.63) is 17.5 Å². The van der Waals surface area contributed by atoms with Crippen molar-refractivity contribution < 1.29 is 22.8 Å². The molecule has 6 nitrogen and oxygen atoms in total. The molecule has 0 aromatic carbocycles. The van der Waals surface area contributed by atoms with Gasteiger partial charge in [-0.15, -0.1) is 0 Å². The first kappa shape index (κ1) is 17.4. The van der Waals surface area contributed by atoms with E-state index in [1.807, 2.05) is 10.00 Å². The highest BCUT2D eigenvalue weighted by Crippen LogP contribution is 2.42. The molecule has 1 aliphatic carbocycles. The van der Waals surface area contributed by atoms with Crippen LogP contribution in [0.1, 0.15) is 48.3 Å². The van der Waals surface area contributed by atoms with Crippen LogP contribution in [0.25, 0.3) is 0 Å². The normalized spacial score (nSPS) is 26.8. The van der Waals surface area contributed by atoms with E-state index in [1.54, 1.807) is 0 Å². The minimum Gasteiger partial charge on any atom is -0.342 e. The second-order valence-electron chi connectivity index (χ2n) is 7.72. The lowest BCUT2D eigenvalue weighted by Gasteiger charge is -2.39. The molecule has 9 heteroatoms. The topological polar surface area (TPSA) is 69.3 Å². The van der Waals surface area contributed by atoms with Crippen molar-refractivity contribution >= 4 is 11.8 Å². The van der Waals surface area contributed by atoms with Crippen molar-refractivity contribution in [1.82, 2.24) is 20.0 Å². The van der Waals surface area contributed by atoms with E-state index >= 15 is 0 Å². The number of H-pyrrole nitrogens is 1. The molecule has 0 bridgehead atoms. The molecule has 1 atom stereocenters. The Hall–Kier alpha value is -2.06. The molecule has 0 radical (unpaired) electrons. The van der Waals surface area contributed by atoms with E-state index in [1.165, 1.54) is 17.7 Å². The fourth-order valence-corrected chi connectivity index (χ4v) is 4.10. The van der Waals surface area contributed by atoms with Gasteiger partial charge in [0.1, 0.15) is 5.69 Å². The smallest absolute Gasteiger partial charge is 0.342 e. The molecule has 1 unspecified atom stereocenters. The summed E-state index contributed by atoms with van der Waals surface area (Å²) in [5, 5.41) is 5.38. The number of aromatic nitrogens is 2. The van der Waals surface area contributed by atoms with E-state index in [4.69, 9.17) is 0 Å². The molecule has 142 valence electrons. The highest BCUT2D eigenvalue weighted by Gasteiger charge is 2.50. The molecular weight excluding hydrogens is 349 g/mol. The number of amides is 2. The predicted molar refractivity (Wildman–Crippen MR) is 85.1 cm³/mol. The zero-order valence-electron chi connectivity index (χ0n) is 14.3. The van der Waals surface area contributed by atoms with Gasteiger partial charge in [-0.25, -0.2) is 0 Å². The molecule has 1 saturated carbocycles. The molecule has 1 N–H and O–H groups in total. The Morgan fingerprint density at radius 3 is 2.73 bits per heavy atom. The number of nitrogens with one attached hydrogen (secondary N) is 1. The van der Waals surface area contributed by atoms with Crippen LogP contribution >= 0.6 is 0 Å². The van der Waals surface area contributed by atoms with Crippen molar-refractivity contribution in [2.45, 2.75) is 38.3 Å². The van der Waals surface area contributed by atoms with Crippen molar-refractivity contribution in [2.24, 2.45) is 11.3 Å². The van der Waals surface area contributed by atoms with Gasteiger partial charge in [0, 0.05) is 32.2 Å². The van der Waals surface area contributed by atoms with Gasteiger partial charge in [0.15, 0.2) is 5.69 Å². The molecule has 1 spiro atoms. The number of nitrogens with zero attached hydrogens (tertiary/aromatic N) is 3. The summed E-state index contributed by atoms with van der Waals surface area (Å²) in [7, 11) is 0. The average Bonchev–Trinajstić information content (AvgIpc) is 3.10. The number of alkyl halides is 3. The molecule has 2 saturated heterocycles. The van der Waals surface area contributed by atoms with Crippen LogP contribution in [-0.2, 0) is 11.0 Å². The van der Waals surface area contributed by atoms with E-state index in [0.717, 1.165) is 32.0 Å². The van der Waals surface area contributed by atoms with Crippen molar-refractivity contribution in [3.8, 4) is 0 Å². The number of carbonyl (C=O) groups excluding carboxylic acids is 2. The van der Waals surface area contributed by atoms with Crippen molar-refractivity contribution in [1.29, 1.82) is 0 Å². The lowest BCUT2D eigenvalue weighted by molar-refractivity contribution is -0.145. The quantitative estimate of drug-likeness (QED) is 0.888. The van der Waals surface area contributed by atoms with E-state index < -0.39 is 23.2 Å². The maximum absolute atomic E-state index is 13.0. The van der Waals surface area contributed by atoms with Crippen molar-refractivity contribution in [3.63, 3.8) is 0 Å². The van der Waals surface area contributed by atoms with Gasteiger partial charge in [0.05, 0.1) is 5.41 Å². The Labute approximate surface area is 148 Å². The standard InChI is InChI=1S/C17H21F3N4O2/c18-17(19,20)13-8-12(21-22-13)14(25)24-7-5-16(10-24)4-1-6-23(15(16)26)9-11-2-3-11/h8,11H,1-7,9-10H2,(H,21,22).